The Bertz CT molecular complexity index is 300. The Balaban J connectivity index is 2.22. The Kier molecular flexibility index (Phi) is 2.87. The van der Waals surface area contributed by atoms with Crippen LogP contribution in [0.1, 0.15) is 48.6 Å². The molecule has 3 heteroatoms. The molecule has 1 aliphatic carbocycles. The Morgan fingerprint density at radius 2 is 2.14 bits per heavy atom. The lowest BCUT2D eigenvalue weighted by molar-refractivity contribution is 0.356. The molecule has 2 N–H and O–H groups in total. The fourth-order valence-electron chi connectivity index (χ4n) is 2.36. The van der Waals surface area contributed by atoms with Crippen molar-refractivity contribution in [3.63, 3.8) is 0 Å². The number of hydrogen-bond donors (Lipinski definition) is 1. The lowest BCUT2D eigenvalue weighted by atomic mass is 9.98. The van der Waals surface area contributed by atoms with Crippen molar-refractivity contribution in [3.8, 4) is 0 Å². The molecule has 0 atom stereocenters. The topological polar surface area (TPSA) is 52.0 Å². The van der Waals surface area contributed by atoms with Crippen LogP contribution in [-0.2, 0) is 6.42 Å². The van der Waals surface area contributed by atoms with Gasteiger partial charge in [0, 0.05) is 11.5 Å². The average molecular weight is 194 g/mol. The van der Waals surface area contributed by atoms with Gasteiger partial charge in [0.05, 0.1) is 5.69 Å². The predicted octanol–water partition coefficient (Wildman–Crippen LogP) is 2.14. The zero-order valence-corrected chi connectivity index (χ0v) is 8.75. The summed E-state index contributed by atoms with van der Waals surface area (Å²) in [7, 11) is 0. The minimum Gasteiger partial charge on any atom is -0.361 e. The lowest BCUT2D eigenvalue weighted by Crippen LogP contribution is -2.06. The summed E-state index contributed by atoms with van der Waals surface area (Å²) in [6.07, 6.45) is 6.07. The van der Waals surface area contributed by atoms with Crippen molar-refractivity contribution in [2.24, 2.45) is 5.73 Å². The van der Waals surface area contributed by atoms with Gasteiger partial charge in [-0.3, -0.25) is 0 Å². The molecular formula is C11H18N2O. The van der Waals surface area contributed by atoms with E-state index in [1.807, 2.05) is 6.92 Å². The number of rotatable bonds is 3. The van der Waals surface area contributed by atoms with E-state index in [0.717, 1.165) is 17.9 Å². The van der Waals surface area contributed by atoms with E-state index in [1.54, 1.807) is 0 Å². The molecule has 3 nitrogen and oxygen atoms in total. The highest BCUT2D eigenvalue weighted by Crippen LogP contribution is 2.36. The van der Waals surface area contributed by atoms with E-state index in [2.05, 4.69) is 5.16 Å². The van der Waals surface area contributed by atoms with E-state index >= 15 is 0 Å². The van der Waals surface area contributed by atoms with Crippen LogP contribution in [0.5, 0.6) is 0 Å². The van der Waals surface area contributed by atoms with Crippen molar-refractivity contribution in [2.45, 2.75) is 44.9 Å². The van der Waals surface area contributed by atoms with Gasteiger partial charge in [0.25, 0.3) is 0 Å². The van der Waals surface area contributed by atoms with Crippen LogP contribution in [0.3, 0.4) is 0 Å². The normalized spacial score (nSPS) is 17.9. The van der Waals surface area contributed by atoms with E-state index in [0.29, 0.717) is 12.5 Å². The van der Waals surface area contributed by atoms with Crippen molar-refractivity contribution in [1.82, 2.24) is 5.16 Å². The second-order valence-corrected chi connectivity index (χ2v) is 4.13. The molecule has 1 saturated carbocycles. The quantitative estimate of drug-likeness (QED) is 0.802. The van der Waals surface area contributed by atoms with Gasteiger partial charge in [0.2, 0.25) is 0 Å². The Morgan fingerprint density at radius 3 is 2.79 bits per heavy atom. The van der Waals surface area contributed by atoms with Crippen LogP contribution in [-0.4, -0.2) is 11.7 Å². The SMILES string of the molecule is Cc1noc(C2CCCC2)c1CCN. The summed E-state index contributed by atoms with van der Waals surface area (Å²) in [5.74, 6) is 1.73. The van der Waals surface area contributed by atoms with E-state index in [4.69, 9.17) is 10.3 Å². The first kappa shape index (κ1) is 9.71. The summed E-state index contributed by atoms with van der Waals surface area (Å²) in [6.45, 7) is 2.69. The third kappa shape index (κ3) is 1.69. The molecule has 2 rings (SSSR count). The van der Waals surface area contributed by atoms with Crippen LogP contribution >= 0.6 is 0 Å². The smallest absolute Gasteiger partial charge is 0.143 e. The number of nitrogens with zero attached hydrogens (tertiary/aromatic N) is 1. The van der Waals surface area contributed by atoms with Gasteiger partial charge in [-0.25, -0.2) is 0 Å². The fraction of sp³-hybridized carbons (Fsp3) is 0.727. The zero-order valence-electron chi connectivity index (χ0n) is 8.75. The van der Waals surface area contributed by atoms with Crippen molar-refractivity contribution in [1.29, 1.82) is 0 Å². The second kappa shape index (κ2) is 4.13. The highest BCUT2D eigenvalue weighted by molar-refractivity contribution is 5.25. The first-order valence-corrected chi connectivity index (χ1v) is 5.48. The first-order valence-electron chi connectivity index (χ1n) is 5.48. The summed E-state index contributed by atoms with van der Waals surface area (Å²) >= 11 is 0. The maximum absolute atomic E-state index is 5.59. The molecule has 0 aromatic carbocycles. The minimum absolute atomic E-state index is 0.609. The third-order valence-electron chi connectivity index (χ3n) is 3.14. The van der Waals surface area contributed by atoms with Gasteiger partial charge in [0.1, 0.15) is 5.76 Å². The maximum atomic E-state index is 5.59. The lowest BCUT2D eigenvalue weighted by Gasteiger charge is -2.06. The molecule has 0 amide bonds. The summed E-state index contributed by atoms with van der Waals surface area (Å²) in [4.78, 5) is 0. The molecule has 0 unspecified atom stereocenters. The molecule has 0 bridgehead atoms. The van der Waals surface area contributed by atoms with E-state index in [-0.39, 0.29) is 0 Å². The summed E-state index contributed by atoms with van der Waals surface area (Å²) < 4.78 is 5.43. The number of aromatic nitrogens is 1. The number of hydrogen-bond acceptors (Lipinski definition) is 3. The van der Waals surface area contributed by atoms with Gasteiger partial charge < -0.3 is 10.3 Å². The van der Waals surface area contributed by atoms with Gasteiger partial charge in [-0.2, -0.15) is 0 Å². The van der Waals surface area contributed by atoms with Crippen molar-refractivity contribution < 1.29 is 4.52 Å². The number of nitrogens with two attached hydrogens (primary N) is 1. The molecular weight excluding hydrogens is 176 g/mol. The highest BCUT2D eigenvalue weighted by Gasteiger charge is 2.24. The van der Waals surface area contributed by atoms with Gasteiger partial charge >= 0.3 is 0 Å². The standard InChI is InChI=1S/C11H18N2O/c1-8-10(6-7-12)11(14-13-8)9-4-2-3-5-9/h9H,2-7,12H2,1H3. The van der Waals surface area contributed by atoms with E-state index in [9.17, 15) is 0 Å². The van der Waals surface area contributed by atoms with E-state index in [1.165, 1.54) is 31.2 Å². The minimum atomic E-state index is 0.609. The van der Waals surface area contributed by atoms with Crippen LogP contribution in [0.25, 0.3) is 0 Å². The summed E-state index contributed by atoms with van der Waals surface area (Å²) in [5, 5.41) is 4.05. The fourth-order valence-corrected chi connectivity index (χ4v) is 2.36. The van der Waals surface area contributed by atoms with Crippen molar-refractivity contribution in [2.75, 3.05) is 6.54 Å². The van der Waals surface area contributed by atoms with Crippen LogP contribution in [0.2, 0.25) is 0 Å². The molecule has 1 aliphatic rings. The molecule has 0 aliphatic heterocycles. The largest absolute Gasteiger partial charge is 0.361 e. The summed E-state index contributed by atoms with van der Waals surface area (Å²) in [5.41, 5.74) is 7.88. The molecule has 0 radical (unpaired) electrons. The predicted molar refractivity (Wildman–Crippen MR) is 55.2 cm³/mol. The molecule has 1 aromatic heterocycles. The molecule has 0 spiro atoms. The molecule has 1 heterocycles. The molecule has 78 valence electrons. The third-order valence-corrected chi connectivity index (χ3v) is 3.14. The highest BCUT2D eigenvalue weighted by atomic mass is 16.5. The molecule has 0 saturated heterocycles. The Morgan fingerprint density at radius 1 is 1.43 bits per heavy atom. The van der Waals surface area contributed by atoms with Gasteiger partial charge in [0.15, 0.2) is 0 Å². The number of aryl methyl sites for hydroxylation is 1. The monoisotopic (exact) mass is 194 g/mol. The van der Waals surface area contributed by atoms with Crippen LogP contribution in [0.4, 0.5) is 0 Å². The van der Waals surface area contributed by atoms with Crippen molar-refractivity contribution >= 4 is 0 Å². The average Bonchev–Trinajstić information content (AvgIpc) is 2.77. The Hall–Kier alpha value is -0.830. The maximum Gasteiger partial charge on any atom is 0.143 e. The van der Waals surface area contributed by atoms with Crippen molar-refractivity contribution in [3.05, 3.63) is 17.0 Å². The molecule has 1 aromatic rings. The van der Waals surface area contributed by atoms with Crippen LogP contribution < -0.4 is 5.73 Å². The second-order valence-electron chi connectivity index (χ2n) is 4.13. The first-order chi connectivity index (χ1) is 6.83. The van der Waals surface area contributed by atoms with Gasteiger partial charge in [-0.1, -0.05) is 18.0 Å². The van der Waals surface area contributed by atoms with Crippen LogP contribution in [0, 0.1) is 6.92 Å². The molecule has 1 fully saturated rings. The van der Waals surface area contributed by atoms with Gasteiger partial charge in [-0.05, 0) is 32.7 Å². The van der Waals surface area contributed by atoms with Crippen LogP contribution in [0.15, 0.2) is 4.52 Å². The van der Waals surface area contributed by atoms with E-state index < -0.39 is 0 Å². The van der Waals surface area contributed by atoms with Gasteiger partial charge in [-0.15, -0.1) is 0 Å². The summed E-state index contributed by atoms with van der Waals surface area (Å²) in [6, 6.07) is 0. The molecule has 14 heavy (non-hydrogen) atoms. The zero-order chi connectivity index (χ0) is 9.97. The Labute approximate surface area is 84.7 Å².